The standard InChI is InChI=1S/C12H15N3/c1-15-10-5-4-8(13)7-9(10)12-11(15)3-2-6-14-12/h2-3,6,8H,4-5,7,13H2,1H3. The molecule has 0 amide bonds. The number of pyridine rings is 1. The van der Waals surface area contributed by atoms with Crippen LogP contribution in [0.2, 0.25) is 0 Å². The van der Waals surface area contributed by atoms with Crippen LogP contribution < -0.4 is 5.73 Å². The van der Waals surface area contributed by atoms with Crippen molar-refractivity contribution in [3.63, 3.8) is 0 Å². The van der Waals surface area contributed by atoms with Crippen LogP contribution >= 0.6 is 0 Å². The van der Waals surface area contributed by atoms with Gasteiger partial charge in [0.1, 0.15) is 0 Å². The van der Waals surface area contributed by atoms with E-state index < -0.39 is 0 Å². The van der Waals surface area contributed by atoms with Crippen LogP contribution in [0.4, 0.5) is 0 Å². The molecule has 2 N–H and O–H groups in total. The maximum atomic E-state index is 6.01. The number of nitrogens with zero attached hydrogens (tertiary/aromatic N) is 2. The van der Waals surface area contributed by atoms with E-state index in [0.717, 1.165) is 24.8 Å². The first-order chi connectivity index (χ1) is 7.27. The van der Waals surface area contributed by atoms with Crippen molar-refractivity contribution in [1.29, 1.82) is 0 Å². The zero-order chi connectivity index (χ0) is 10.4. The number of aromatic nitrogens is 2. The Hall–Kier alpha value is -1.35. The molecule has 1 aliphatic carbocycles. The van der Waals surface area contributed by atoms with Crippen LogP contribution in [-0.4, -0.2) is 15.6 Å². The van der Waals surface area contributed by atoms with Gasteiger partial charge in [0.15, 0.2) is 0 Å². The Morgan fingerprint density at radius 3 is 3.27 bits per heavy atom. The summed E-state index contributed by atoms with van der Waals surface area (Å²) in [5.41, 5.74) is 11.2. The SMILES string of the molecule is Cn1c2c(c3ncccc31)CC(N)CC2. The molecule has 3 nitrogen and oxygen atoms in total. The van der Waals surface area contributed by atoms with Crippen molar-refractivity contribution in [2.75, 3.05) is 0 Å². The minimum absolute atomic E-state index is 0.310. The highest BCUT2D eigenvalue weighted by Gasteiger charge is 2.22. The molecule has 3 rings (SSSR count). The summed E-state index contributed by atoms with van der Waals surface area (Å²) in [5.74, 6) is 0. The van der Waals surface area contributed by atoms with E-state index >= 15 is 0 Å². The number of nitrogens with two attached hydrogens (primary N) is 1. The van der Waals surface area contributed by atoms with E-state index in [-0.39, 0.29) is 0 Å². The Labute approximate surface area is 88.9 Å². The van der Waals surface area contributed by atoms with Crippen molar-refractivity contribution < 1.29 is 0 Å². The molecule has 0 bridgehead atoms. The van der Waals surface area contributed by atoms with E-state index in [0.29, 0.717) is 6.04 Å². The zero-order valence-corrected chi connectivity index (χ0v) is 8.90. The highest BCUT2D eigenvalue weighted by Crippen LogP contribution is 2.29. The molecule has 0 saturated heterocycles. The van der Waals surface area contributed by atoms with Crippen molar-refractivity contribution in [2.45, 2.75) is 25.3 Å². The molecule has 0 radical (unpaired) electrons. The summed E-state index contributed by atoms with van der Waals surface area (Å²) in [6.45, 7) is 0. The second kappa shape index (κ2) is 3.07. The molecule has 0 fully saturated rings. The molecule has 2 heterocycles. The molecule has 1 atom stereocenters. The minimum Gasteiger partial charge on any atom is -0.346 e. The summed E-state index contributed by atoms with van der Waals surface area (Å²) in [6, 6.07) is 4.44. The zero-order valence-electron chi connectivity index (χ0n) is 8.90. The predicted molar refractivity (Wildman–Crippen MR) is 60.7 cm³/mol. The lowest BCUT2D eigenvalue weighted by atomic mass is 9.93. The Morgan fingerprint density at radius 2 is 2.40 bits per heavy atom. The fourth-order valence-electron chi connectivity index (χ4n) is 2.60. The van der Waals surface area contributed by atoms with Gasteiger partial charge in [-0.25, -0.2) is 0 Å². The first-order valence-electron chi connectivity index (χ1n) is 5.44. The van der Waals surface area contributed by atoms with Crippen molar-refractivity contribution >= 4 is 11.0 Å². The van der Waals surface area contributed by atoms with E-state index in [2.05, 4.69) is 22.7 Å². The van der Waals surface area contributed by atoms with Gasteiger partial charge in [0.05, 0.1) is 11.0 Å². The number of aryl methyl sites for hydroxylation is 1. The van der Waals surface area contributed by atoms with Gasteiger partial charge < -0.3 is 10.3 Å². The fourth-order valence-corrected chi connectivity index (χ4v) is 2.60. The van der Waals surface area contributed by atoms with Gasteiger partial charge in [-0.1, -0.05) is 0 Å². The van der Waals surface area contributed by atoms with E-state index in [9.17, 15) is 0 Å². The van der Waals surface area contributed by atoms with Crippen molar-refractivity contribution in [3.05, 3.63) is 29.6 Å². The first kappa shape index (κ1) is 8.92. The summed E-state index contributed by atoms with van der Waals surface area (Å²) >= 11 is 0. The Balaban J connectivity index is 2.33. The van der Waals surface area contributed by atoms with E-state index in [1.165, 1.54) is 16.8 Å². The van der Waals surface area contributed by atoms with E-state index in [1.807, 2.05) is 12.3 Å². The van der Waals surface area contributed by atoms with Gasteiger partial charge in [0.2, 0.25) is 0 Å². The van der Waals surface area contributed by atoms with Crippen LogP contribution in [0.25, 0.3) is 11.0 Å². The lowest BCUT2D eigenvalue weighted by molar-refractivity contribution is 0.561. The molecule has 0 saturated carbocycles. The third kappa shape index (κ3) is 1.20. The average molecular weight is 201 g/mol. The van der Waals surface area contributed by atoms with Crippen LogP contribution in [-0.2, 0) is 19.9 Å². The molecule has 2 aromatic rings. The number of fused-ring (bicyclic) bond motifs is 3. The van der Waals surface area contributed by atoms with Gasteiger partial charge in [0, 0.05) is 30.5 Å². The highest BCUT2D eigenvalue weighted by atomic mass is 15.0. The van der Waals surface area contributed by atoms with Gasteiger partial charge in [-0.3, -0.25) is 4.98 Å². The van der Waals surface area contributed by atoms with E-state index in [4.69, 9.17) is 5.73 Å². The lowest BCUT2D eigenvalue weighted by Crippen LogP contribution is -2.28. The normalized spacial score (nSPS) is 20.5. The van der Waals surface area contributed by atoms with Crippen LogP contribution in [0.3, 0.4) is 0 Å². The Bertz CT molecular complexity index is 513. The largest absolute Gasteiger partial charge is 0.346 e. The maximum absolute atomic E-state index is 6.01. The number of rotatable bonds is 0. The second-order valence-corrected chi connectivity index (χ2v) is 4.36. The summed E-state index contributed by atoms with van der Waals surface area (Å²) in [6.07, 6.45) is 5.02. The molecule has 0 aromatic carbocycles. The van der Waals surface area contributed by atoms with Crippen LogP contribution in [0.15, 0.2) is 18.3 Å². The molecule has 0 spiro atoms. The van der Waals surface area contributed by atoms with E-state index in [1.54, 1.807) is 0 Å². The second-order valence-electron chi connectivity index (χ2n) is 4.36. The van der Waals surface area contributed by atoms with Gasteiger partial charge in [-0.15, -0.1) is 0 Å². The smallest absolute Gasteiger partial charge is 0.0916 e. The summed E-state index contributed by atoms with van der Waals surface area (Å²) < 4.78 is 2.27. The van der Waals surface area contributed by atoms with Gasteiger partial charge >= 0.3 is 0 Å². The minimum atomic E-state index is 0.310. The van der Waals surface area contributed by atoms with Crippen LogP contribution in [0.1, 0.15) is 17.7 Å². The predicted octanol–water partition coefficient (Wildman–Crippen LogP) is 1.39. The maximum Gasteiger partial charge on any atom is 0.0916 e. The molecule has 1 unspecified atom stereocenters. The molecule has 15 heavy (non-hydrogen) atoms. The first-order valence-corrected chi connectivity index (χ1v) is 5.44. The molecular weight excluding hydrogens is 186 g/mol. The monoisotopic (exact) mass is 201 g/mol. The molecular formula is C12H15N3. The quantitative estimate of drug-likeness (QED) is 0.700. The van der Waals surface area contributed by atoms with Crippen LogP contribution in [0.5, 0.6) is 0 Å². The average Bonchev–Trinajstić information content (AvgIpc) is 2.54. The molecule has 3 heteroatoms. The molecule has 1 aliphatic rings. The molecule has 2 aromatic heterocycles. The Kier molecular flexibility index (Phi) is 1.83. The number of hydrogen-bond donors (Lipinski definition) is 1. The molecule has 78 valence electrons. The van der Waals surface area contributed by atoms with Gasteiger partial charge in [-0.2, -0.15) is 0 Å². The third-order valence-electron chi connectivity index (χ3n) is 3.41. The topological polar surface area (TPSA) is 43.8 Å². The summed E-state index contributed by atoms with van der Waals surface area (Å²) in [4.78, 5) is 4.47. The summed E-state index contributed by atoms with van der Waals surface area (Å²) in [7, 11) is 2.12. The van der Waals surface area contributed by atoms with Crippen molar-refractivity contribution in [2.24, 2.45) is 12.8 Å². The Morgan fingerprint density at radius 1 is 1.53 bits per heavy atom. The van der Waals surface area contributed by atoms with Crippen molar-refractivity contribution in [3.8, 4) is 0 Å². The molecule has 0 aliphatic heterocycles. The lowest BCUT2D eigenvalue weighted by Gasteiger charge is -2.19. The van der Waals surface area contributed by atoms with Gasteiger partial charge in [-0.05, 0) is 31.4 Å². The fraction of sp³-hybridized carbons (Fsp3) is 0.417. The number of hydrogen-bond acceptors (Lipinski definition) is 2. The van der Waals surface area contributed by atoms with Gasteiger partial charge in [0.25, 0.3) is 0 Å². The summed E-state index contributed by atoms with van der Waals surface area (Å²) in [5, 5.41) is 0. The third-order valence-corrected chi connectivity index (χ3v) is 3.41. The van der Waals surface area contributed by atoms with Crippen LogP contribution in [0, 0.1) is 0 Å². The van der Waals surface area contributed by atoms with Crippen molar-refractivity contribution in [1.82, 2.24) is 9.55 Å². The highest BCUT2D eigenvalue weighted by molar-refractivity contribution is 5.81.